The first-order valence-electron chi connectivity index (χ1n) is 10.8. The van der Waals surface area contributed by atoms with E-state index in [9.17, 15) is 9.59 Å². The Kier molecular flexibility index (Phi) is 7.11. The highest BCUT2D eigenvalue weighted by Gasteiger charge is 2.34. The quantitative estimate of drug-likeness (QED) is 0.488. The molecule has 2 heterocycles. The summed E-state index contributed by atoms with van der Waals surface area (Å²) in [7, 11) is 0. The van der Waals surface area contributed by atoms with E-state index in [1.165, 1.54) is 11.3 Å². The molecule has 0 bridgehead atoms. The number of benzene rings is 2. The second-order valence-corrected chi connectivity index (χ2v) is 8.66. The summed E-state index contributed by atoms with van der Waals surface area (Å²) < 4.78 is 5.61. The lowest BCUT2D eigenvalue weighted by atomic mass is 10.1. The molecule has 0 saturated carbocycles. The Morgan fingerprint density at radius 3 is 2.75 bits per heavy atom. The van der Waals surface area contributed by atoms with Gasteiger partial charge in [-0.1, -0.05) is 54.7 Å². The van der Waals surface area contributed by atoms with Gasteiger partial charge in [-0.3, -0.25) is 9.59 Å². The Hall–Kier alpha value is -3.26. The van der Waals surface area contributed by atoms with Crippen LogP contribution in [0.2, 0.25) is 0 Å². The zero-order valence-corrected chi connectivity index (χ0v) is 18.8. The van der Waals surface area contributed by atoms with Crippen molar-refractivity contribution in [1.29, 1.82) is 0 Å². The van der Waals surface area contributed by atoms with Gasteiger partial charge in [-0.25, -0.2) is 0 Å². The number of aryl methyl sites for hydroxylation is 1. The summed E-state index contributed by atoms with van der Waals surface area (Å²) in [4.78, 5) is 26.7. The van der Waals surface area contributed by atoms with Crippen LogP contribution in [-0.4, -0.2) is 35.2 Å². The minimum absolute atomic E-state index is 0.0187. The van der Waals surface area contributed by atoms with E-state index in [0.29, 0.717) is 37.5 Å². The fourth-order valence-corrected chi connectivity index (χ4v) is 4.60. The van der Waals surface area contributed by atoms with E-state index in [0.717, 1.165) is 28.4 Å². The number of carbonyl (C=O) groups is 2. The van der Waals surface area contributed by atoms with Gasteiger partial charge in [0.25, 0.3) is 0 Å². The molecule has 0 aliphatic carbocycles. The molecule has 3 aromatic rings. The molecule has 0 spiro atoms. The molecule has 32 heavy (non-hydrogen) atoms. The lowest BCUT2D eigenvalue weighted by molar-refractivity contribution is -0.117. The van der Waals surface area contributed by atoms with Crippen LogP contribution in [-0.2, 0) is 16.0 Å². The summed E-state index contributed by atoms with van der Waals surface area (Å²) in [5.41, 5.74) is 2.13. The monoisotopic (exact) mass is 450 g/mol. The molecule has 2 amide bonds. The highest BCUT2D eigenvalue weighted by atomic mass is 32.1. The number of para-hydroxylation sites is 2. The van der Waals surface area contributed by atoms with Gasteiger partial charge < -0.3 is 15.0 Å². The molecule has 2 aromatic carbocycles. The largest absolute Gasteiger partial charge is 0.494 e. The number of hydrogen-bond acceptors (Lipinski definition) is 6. The number of amides is 2. The van der Waals surface area contributed by atoms with Crippen LogP contribution in [0.1, 0.15) is 42.7 Å². The van der Waals surface area contributed by atoms with Crippen LogP contribution >= 0.6 is 11.3 Å². The lowest BCUT2D eigenvalue weighted by Gasteiger charge is -2.19. The van der Waals surface area contributed by atoms with Crippen molar-refractivity contribution in [2.45, 2.75) is 38.5 Å². The number of nitrogens with one attached hydrogen (secondary N) is 1. The maximum absolute atomic E-state index is 12.7. The van der Waals surface area contributed by atoms with E-state index < -0.39 is 0 Å². The predicted octanol–water partition coefficient (Wildman–Crippen LogP) is 4.42. The summed E-state index contributed by atoms with van der Waals surface area (Å²) in [5, 5.41) is 12.4. The third-order valence-electron chi connectivity index (χ3n) is 5.38. The number of aromatic nitrogens is 2. The third kappa shape index (κ3) is 5.31. The first-order valence-corrected chi connectivity index (χ1v) is 11.6. The van der Waals surface area contributed by atoms with E-state index >= 15 is 0 Å². The molecule has 166 valence electrons. The SMILES string of the molecule is CCc1ccccc1N1C[C@@H](c2nnc(NC(=O)CCCOc3ccccc3)s2)CC1=O. The molecule has 1 N–H and O–H groups in total. The normalized spacial score (nSPS) is 15.7. The molecular weight excluding hydrogens is 424 g/mol. The summed E-state index contributed by atoms with van der Waals surface area (Å²) in [6.45, 7) is 3.14. The molecule has 1 aromatic heterocycles. The molecule has 8 heteroatoms. The van der Waals surface area contributed by atoms with Gasteiger partial charge in [0, 0.05) is 31.0 Å². The van der Waals surface area contributed by atoms with Gasteiger partial charge in [-0.2, -0.15) is 0 Å². The molecule has 0 unspecified atom stereocenters. The fraction of sp³-hybridized carbons (Fsp3) is 0.333. The molecule has 4 rings (SSSR count). The van der Waals surface area contributed by atoms with Crippen LogP contribution < -0.4 is 15.0 Å². The van der Waals surface area contributed by atoms with Crippen molar-refractivity contribution >= 4 is 34.0 Å². The maximum Gasteiger partial charge on any atom is 0.227 e. The maximum atomic E-state index is 12.7. The van der Waals surface area contributed by atoms with Crippen LogP contribution in [0.4, 0.5) is 10.8 Å². The van der Waals surface area contributed by atoms with E-state index in [1.807, 2.05) is 53.4 Å². The average Bonchev–Trinajstić information content (AvgIpc) is 3.44. The highest BCUT2D eigenvalue weighted by Crippen LogP contribution is 2.35. The number of carbonyl (C=O) groups excluding carboxylic acids is 2. The van der Waals surface area contributed by atoms with Gasteiger partial charge in [0.15, 0.2) is 0 Å². The van der Waals surface area contributed by atoms with Crippen molar-refractivity contribution in [3.8, 4) is 5.75 Å². The summed E-state index contributed by atoms with van der Waals surface area (Å²) in [6, 6.07) is 17.5. The van der Waals surface area contributed by atoms with E-state index in [2.05, 4.69) is 28.5 Å². The molecular formula is C24H26N4O3S. The van der Waals surface area contributed by atoms with Crippen LogP contribution in [0.15, 0.2) is 54.6 Å². The topological polar surface area (TPSA) is 84.4 Å². The van der Waals surface area contributed by atoms with Gasteiger partial charge in [-0.15, -0.1) is 10.2 Å². The summed E-state index contributed by atoms with van der Waals surface area (Å²) in [6.07, 6.45) is 2.22. The third-order valence-corrected chi connectivity index (χ3v) is 6.39. The molecule has 7 nitrogen and oxygen atoms in total. The number of hydrogen-bond donors (Lipinski definition) is 1. The smallest absolute Gasteiger partial charge is 0.227 e. The van der Waals surface area contributed by atoms with Crippen LogP contribution in [0.25, 0.3) is 0 Å². The van der Waals surface area contributed by atoms with Crippen LogP contribution in [0.3, 0.4) is 0 Å². The van der Waals surface area contributed by atoms with Crippen molar-refractivity contribution < 1.29 is 14.3 Å². The van der Waals surface area contributed by atoms with Crippen molar-refractivity contribution in [3.63, 3.8) is 0 Å². The van der Waals surface area contributed by atoms with Gasteiger partial charge in [0.2, 0.25) is 16.9 Å². The standard InChI is InChI=1S/C24H26N4O3S/c1-2-17-9-6-7-12-20(17)28-16-18(15-22(28)30)23-26-27-24(32-23)25-21(29)13-8-14-31-19-10-4-3-5-11-19/h3-7,9-12,18H,2,8,13-16H2,1H3,(H,25,27,29)/t18-/m0/s1. The second kappa shape index (κ2) is 10.4. The first-order chi connectivity index (χ1) is 15.6. The van der Waals surface area contributed by atoms with Crippen molar-refractivity contribution in [2.24, 2.45) is 0 Å². The van der Waals surface area contributed by atoms with E-state index in [1.54, 1.807) is 0 Å². The Morgan fingerprint density at radius 1 is 1.16 bits per heavy atom. The number of ether oxygens (including phenoxy) is 1. The predicted molar refractivity (Wildman–Crippen MR) is 125 cm³/mol. The molecule has 1 saturated heterocycles. The first kappa shape index (κ1) is 22.0. The minimum atomic E-state index is -0.120. The number of nitrogens with zero attached hydrogens (tertiary/aromatic N) is 3. The highest BCUT2D eigenvalue weighted by molar-refractivity contribution is 7.15. The molecule has 1 atom stereocenters. The summed E-state index contributed by atoms with van der Waals surface area (Å²) in [5.74, 6) is 0.749. The Bertz CT molecular complexity index is 1070. The Balaban J connectivity index is 1.28. The lowest BCUT2D eigenvalue weighted by Crippen LogP contribution is -2.25. The fourth-order valence-electron chi connectivity index (χ4n) is 3.75. The Morgan fingerprint density at radius 2 is 1.94 bits per heavy atom. The van der Waals surface area contributed by atoms with Crippen molar-refractivity contribution in [3.05, 3.63) is 65.2 Å². The zero-order valence-electron chi connectivity index (χ0n) is 18.0. The molecule has 1 aliphatic rings. The van der Waals surface area contributed by atoms with E-state index in [-0.39, 0.29) is 17.7 Å². The molecule has 0 radical (unpaired) electrons. The molecule has 1 fully saturated rings. The van der Waals surface area contributed by atoms with E-state index in [4.69, 9.17) is 4.74 Å². The Labute approximate surface area is 191 Å². The zero-order chi connectivity index (χ0) is 22.3. The average molecular weight is 451 g/mol. The molecule has 1 aliphatic heterocycles. The van der Waals surface area contributed by atoms with Crippen LogP contribution in [0.5, 0.6) is 5.75 Å². The van der Waals surface area contributed by atoms with Crippen LogP contribution in [0, 0.1) is 0 Å². The minimum Gasteiger partial charge on any atom is -0.494 e. The van der Waals surface area contributed by atoms with Gasteiger partial charge in [0.05, 0.1) is 6.61 Å². The number of anilines is 2. The van der Waals surface area contributed by atoms with Crippen molar-refractivity contribution in [1.82, 2.24) is 10.2 Å². The number of rotatable bonds is 9. The van der Waals surface area contributed by atoms with Gasteiger partial charge >= 0.3 is 0 Å². The second-order valence-electron chi connectivity index (χ2n) is 7.65. The van der Waals surface area contributed by atoms with Crippen molar-refractivity contribution in [2.75, 3.05) is 23.4 Å². The summed E-state index contributed by atoms with van der Waals surface area (Å²) >= 11 is 1.34. The van der Waals surface area contributed by atoms with Gasteiger partial charge in [0.1, 0.15) is 10.8 Å². The van der Waals surface area contributed by atoms with Gasteiger partial charge in [-0.05, 0) is 36.6 Å².